The largest absolute Gasteiger partial charge is 0.383 e. The third-order valence-electron chi connectivity index (χ3n) is 2.55. The molecule has 1 unspecified atom stereocenters. The predicted molar refractivity (Wildman–Crippen MR) is 76.8 cm³/mol. The van der Waals surface area contributed by atoms with Crippen LogP contribution in [0.1, 0.15) is 11.3 Å². The number of ether oxygens (including phenoxy) is 1. The molecule has 0 bridgehead atoms. The van der Waals surface area contributed by atoms with Crippen molar-refractivity contribution >= 4 is 39.0 Å². The number of alkyl halides is 1. The van der Waals surface area contributed by atoms with Crippen molar-refractivity contribution in [3.8, 4) is 0 Å². The fraction of sp³-hybridized carbons (Fsp3) is 0.500. The molecule has 6 heteroatoms. The lowest BCUT2D eigenvalue weighted by molar-refractivity contribution is 0.196. The molecule has 0 spiro atoms. The second-order valence-electron chi connectivity index (χ2n) is 4.07. The van der Waals surface area contributed by atoms with Crippen LogP contribution in [0.25, 0.3) is 10.2 Å². The Labute approximate surface area is 115 Å². The first kappa shape index (κ1) is 13.5. The van der Waals surface area contributed by atoms with Crippen LogP contribution in [-0.2, 0) is 4.74 Å². The molecule has 4 nitrogen and oxygen atoms in total. The summed E-state index contributed by atoms with van der Waals surface area (Å²) in [6, 6.07) is 2.11. The van der Waals surface area contributed by atoms with Crippen molar-refractivity contribution in [1.29, 1.82) is 0 Å². The quantitative estimate of drug-likeness (QED) is 0.829. The van der Waals surface area contributed by atoms with Gasteiger partial charge in [-0.2, -0.15) is 0 Å². The second-order valence-corrected chi connectivity index (χ2v) is 5.92. The Morgan fingerprint density at radius 3 is 3.11 bits per heavy atom. The molecule has 0 fully saturated rings. The number of hydrogen-bond acceptors (Lipinski definition) is 5. The van der Waals surface area contributed by atoms with Crippen molar-refractivity contribution in [3.63, 3.8) is 0 Å². The molecule has 2 rings (SSSR count). The van der Waals surface area contributed by atoms with E-state index in [0.717, 1.165) is 29.0 Å². The Hall–Kier alpha value is -0.910. The van der Waals surface area contributed by atoms with Crippen LogP contribution in [0.15, 0.2) is 12.4 Å². The summed E-state index contributed by atoms with van der Waals surface area (Å²) in [6.45, 7) is 3.42. The highest BCUT2D eigenvalue weighted by Crippen LogP contribution is 2.27. The fourth-order valence-electron chi connectivity index (χ4n) is 1.73. The van der Waals surface area contributed by atoms with Crippen LogP contribution < -0.4 is 5.32 Å². The Morgan fingerprint density at radius 2 is 2.33 bits per heavy atom. The van der Waals surface area contributed by atoms with Gasteiger partial charge in [-0.15, -0.1) is 22.9 Å². The summed E-state index contributed by atoms with van der Waals surface area (Å²) < 4.78 is 5.00. The number of halogens is 1. The lowest BCUT2D eigenvalue weighted by Gasteiger charge is -2.09. The van der Waals surface area contributed by atoms with Crippen LogP contribution >= 0.6 is 22.9 Å². The normalized spacial score (nSPS) is 12.8. The van der Waals surface area contributed by atoms with Crippen LogP contribution in [0.2, 0.25) is 0 Å². The van der Waals surface area contributed by atoms with Crippen LogP contribution in [0.4, 0.5) is 5.82 Å². The second kappa shape index (κ2) is 6.31. The zero-order valence-electron chi connectivity index (χ0n) is 10.4. The third-order valence-corrected chi connectivity index (χ3v) is 3.85. The Morgan fingerprint density at radius 1 is 1.50 bits per heavy atom. The van der Waals surface area contributed by atoms with Crippen LogP contribution in [-0.4, -0.2) is 35.6 Å². The smallest absolute Gasteiger partial charge is 0.138 e. The molecule has 0 saturated carbocycles. The highest BCUT2D eigenvalue weighted by Gasteiger charge is 2.08. The summed E-state index contributed by atoms with van der Waals surface area (Å²) in [5.74, 6) is 0.880. The number of nitrogens with zero attached hydrogens (tertiary/aromatic N) is 2. The van der Waals surface area contributed by atoms with Gasteiger partial charge in [-0.05, 0) is 19.4 Å². The highest BCUT2D eigenvalue weighted by atomic mass is 35.5. The molecule has 2 aromatic rings. The molecule has 0 amide bonds. The molecule has 98 valence electrons. The molecular weight excluding hydrogens is 270 g/mol. The van der Waals surface area contributed by atoms with Crippen LogP contribution in [0.5, 0.6) is 0 Å². The van der Waals surface area contributed by atoms with E-state index < -0.39 is 0 Å². The first-order valence-corrected chi connectivity index (χ1v) is 7.04. The Kier molecular flexibility index (Phi) is 4.74. The molecule has 0 aromatic carbocycles. The zero-order valence-corrected chi connectivity index (χ0v) is 12.0. The molecule has 2 heterocycles. The van der Waals surface area contributed by atoms with Crippen LogP contribution in [0, 0.1) is 6.92 Å². The molecule has 0 aliphatic rings. The highest BCUT2D eigenvalue weighted by molar-refractivity contribution is 7.18. The number of thiophene rings is 1. The molecule has 0 saturated heterocycles. The van der Waals surface area contributed by atoms with Crippen molar-refractivity contribution < 1.29 is 4.74 Å². The maximum Gasteiger partial charge on any atom is 0.138 e. The first-order chi connectivity index (χ1) is 8.70. The third kappa shape index (κ3) is 3.31. The van der Waals surface area contributed by atoms with Gasteiger partial charge < -0.3 is 10.1 Å². The van der Waals surface area contributed by atoms with Gasteiger partial charge >= 0.3 is 0 Å². The van der Waals surface area contributed by atoms with Gasteiger partial charge in [0, 0.05) is 18.5 Å². The van der Waals surface area contributed by atoms with Crippen LogP contribution in [0.3, 0.4) is 0 Å². The molecule has 18 heavy (non-hydrogen) atoms. The van der Waals surface area contributed by atoms with Gasteiger partial charge in [0.1, 0.15) is 17.0 Å². The van der Waals surface area contributed by atoms with Crippen molar-refractivity contribution in [2.75, 3.05) is 25.6 Å². The number of rotatable bonds is 6. The number of aromatic nitrogens is 2. The first-order valence-electron chi connectivity index (χ1n) is 5.78. The van der Waals surface area contributed by atoms with Gasteiger partial charge in [0.15, 0.2) is 0 Å². The maximum atomic E-state index is 6.07. The van der Waals surface area contributed by atoms with E-state index in [-0.39, 0.29) is 5.38 Å². The number of anilines is 1. The molecule has 0 aliphatic heterocycles. The van der Waals surface area contributed by atoms with E-state index in [1.54, 1.807) is 24.8 Å². The summed E-state index contributed by atoms with van der Waals surface area (Å²) in [5.41, 5.74) is 0. The topological polar surface area (TPSA) is 47.0 Å². The lowest BCUT2D eigenvalue weighted by atomic mass is 10.3. The lowest BCUT2D eigenvalue weighted by Crippen LogP contribution is -2.14. The summed E-state index contributed by atoms with van der Waals surface area (Å²) in [4.78, 5) is 10.8. The van der Waals surface area contributed by atoms with Gasteiger partial charge in [-0.1, -0.05) is 0 Å². The number of hydrogen-bond donors (Lipinski definition) is 1. The van der Waals surface area contributed by atoms with E-state index in [2.05, 4.69) is 28.3 Å². The van der Waals surface area contributed by atoms with Gasteiger partial charge in [0.05, 0.1) is 17.4 Å². The molecule has 1 N–H and O–H groups in total. The Balaban J connectivity index is 1.99. The average molecular weight is 286 g/mol. The summed E-state index contributed by atoms with van der Waals surface area (Å²) in [7, 11) is 1.66. The minimum Gasteiger partial charge on any atom is -0.383 e. The van der Waals surface area contributed by atoms with Gasteiger partial charge in [0.25, 0.3) is 0 Å². The SMILES string of the molecule is COCC(Cl)CCNc1ncnc2sc(C)cc12. The predicted octanol–water partition coefficient (Wildman–Crippen LogP) is 3.06. The maximum absolute atomic E-state index is 6.07. The van der Waals surface area contributed by atoms with E-state index in [1.165, 1.54) is 4.88 Å². The van der Waals surface area contributed by atoms with E-state index in [4.69, 9.17) is 16.3 Å². The zero-order chi connectivity index (χ0) is 13.0. The van der Waals surface area contributed by atoms with Crippen molar-refractivity contribution in [1.82, 2.24) is 9.97 Å². The van der Waals surface area contributed by atoms with E-state index in [1.807, 2.05) is 0 Å². The number of aryl methyl sites for hydroxylation is 1. The monoisotopic (exact) mass is 285 g/mol. The standard InChI is InChI=1S/C12H16ClN3OS/c1-8-5-10-11(15-7-16-12(10)18-8)14-4-3-9(13)6-17-2/h5,7,9H,3-4,6H2,1-2H3,(H,14,15,16). The minimum absolute atomic E-state index is 0.0315. The number of methoxy groups -OCH3 is 1. The van der Waals surface area contributed by atoms with E-state index in [0.29, 0.717) is 6.61 Å². The van der Waals surface area contributed by atoms with Gasteiger partial charge in [-0.3, -0.25) is 0 Å². The van der Waals surface area contributed by atoms with Crippen molar-refractivity contribution in [2.24, 2.45) is 0 Å². The molecule has 2 aromatic heterocycles. The van der Waals surface area contributed by atoms with Crippen molar-refractivity contribution in [3.05, 3.63) is 17.3 Å². The average Bonchev–Trinajstić information content (AvgIpc) is 2.70. The van der Waals surface area contributed by atoms with E-state index >= 15 is 0 Å². The van der Waals surface area contributed by atoms with Crippen molar-refractivity contribution in [2.45, 2.75) is 18.7 Å². The summed E-state index contributed by atoms with van der Waals surface area (Å²) in [6.07, 6.45) is 2.43. The molecule has 0 aliphatic carbocycles. The number of fused-ring (bicyclic) bond motifs is 1. The Bertz CT molecular complexity index is 517. The summed E-state index contributed by atoms with van der Waals surface area (Å²) in [5, 5.41) is 4.42. The summed E-state index contributed by atoms with van der Waals surface area (Å²) >= 11 is 7.75. The van der Waals surface area contributed by atoms with Gasteiger partial charge in [0.2, 0.25) is 0 Å². The van der Waals surface area contributed by atoms with E-state index in [9.17, 15) is 0 Å². The number of nitrogens with one attached hydrogen (secondary N) is 1. The molecule has 1 atom stereocenters. The van der Waals surface area contributed by atoms with Gasteiger partial charge in [-0.25, -0.2) is 9.97 Å². The molecular formula is C12H16ClN3OS. The fourth-order valence-corrected chi connectivity index (χ4v) is 2.81. The minimum atomic E-state index is 0.0315. The molecule has 0 radical (unpaired) electrons.